The smallest absolute Gasteiger partial charge is 0.252 e. The second-order valence-corrected chi connectivity index (χ2v) is 19.7. The fourth-order valence-corrected chi connectivity index (χ4v) is 8.44. The second-order valence-electron chi connectivity index (χ2n) is 14.9. The number of rotatable bonds is 9. The van der Waals surface area contributed by atoms with Gasteiger partial charge in [0.15, 0.2) is 34.9 Å². The number of hydrogen-bond donors (Lipinski definition) is 0. The van der Waals surface area contributed by atoms with Crippen LogP contribution in [0.1, 0.15) is 56.0 Å². The first-order chi connectivity index (χ1) is 24.0. The van der Waals surface area contributed by atoms with Crippen LogP contribution in [0.3, 0.4) is 0 Å². The molecule has 6 rings (SSSR count). The SMILES string of the molecule is COC1=C(C)C(=O)C2=C(C1=O)[C@@H]1C3=Cc4c(O[Si](C)(C)C(C)(C)C)c(C)c(OC)c(OC)c4[C@H](COCc4ccccc4)N3C(=O)[C@H](C2=O)N1C. The summed E-state index contributed by atoms with van der Waals surface area (Å²) in [4.78, 5) is 60.0. The van der Waals surface area contributed by atoms with E-state index in [4.69, 9.17) is 23.4 Å². The zero-order chi connectivity index (χ0) is 37.3. The van der Waals surface area contributed by atoms with E-state index in [1.54, 1.807) is 31.1 Å². The van der Waals surface area contributed by atoms with Crippen LogP contribution in [0, 0.1) is 6.92 Å². The minimum Gasteiger partial charge on any atom is -0.543 e. The highest BCUT2D eigenvalue weighted by atomic mass is 28.4. The summed E-state index contributed by atoms with van der Waals surface area (Å²) >= 11 is 0. The van der Waals surface area contributed by atoms with E-state index < -0.39 is 49.7 Å². The fourth-order valence-electron chi connectivity index (χ4n) is 7.36. The molecule has 3 heterocycles. The Morgan fingerprint density at radius 2 is 1.49 bits per heavy atom. The van der Waals surface area contributed by atoms with Crippen LogP contribution < -0.4 is 13.9 Å². The van der Waals surface area contributed by atoms with Crippen LogP contribution in [0.15, 0.2) is 58.5 Å². The van der Waals surface area contributed by atoms with Gasteiger partial charge in [-0.3, -0.25) is 24.1 Å². The maximum absolute atomic E-state index is 14.8. The second kappa shape index (κ2) is 12.9. The Labute approximate surface area is 299 Å². The Kier molecular flexibility index (Phi) is 9.18. The summed E-state index contributed by atoms with van der Waals surface area (Å²) in [7, 11) is 3.57. The third-order valence-corrected chi connectivity index (χ3v) is 15.3. The maximum atomic E-state index is 14.8. The highest BCUT2D eigenvalue weighted by molar-refractivity contribution is 6.74. The van der Waals surface area contributed by atoms with Crippen molar-refractivity contribution in [3.63, 3.8) is 0 Å². The van der Waals surface area contributed by atoms with E-state index in [2.05, 4.69) is 33.9 Å². The number of carbonyl (C=O) groups is 4. The normalized spacial score (nSPS) is 22.1. The molecule has 2 aromatic rings. The van der Waals surface area contributed by atoms with Crippen LogP contribution in [0.4, 0.5) is 0 Å². The lowest BCUT2D eigenvalue weighted by molar-refractivity contribution is -0.150. The van der Waals surface area contributed by atoms with E-state index >= 15 is 0 Å². The van der Waals surface area contributed by atoms with Crippen molar-refractivity contribution in [2.75, 3.05) is 35.0 Å². The molecule has 0 spiro atoms. The van der Waals surface area contributed by atoms with Crippen molar-refractivity contribution in [1.82, 2.24) is 9.80 Å². The van der Waals surface area contributed by atoms with Gasteiger partial charge in [0.25, 0.3) is 14.2 Å². The number of ether oxygens (including phenoxy) is 4. The molecule has 2 bridgehead atoms. The number of allylic oxidation sites excluding steroid dienone is 2. The van der Waals surface area contributed by atoms with Crippen LogP contribution in [0.5, 0.6) is 17.2 Å². The Bertz CT molecular complexity index is 1950. The summed E-state index contributed by atoms with van der Waals surface area (Å²) in [6.45, 7) is 14.4. The number of carbonyl (C=O) groups excluding carboxylic acids is 4. The molecule has 3 aliphatic heterocycles. The molecule has 12 heteroatoms. The van der Waals surface area contributed by atoms with Crippen LogP contribution in [-0.2, 0) is 35.3 Å². The maximum Gasteiger partial charge on any atom is 0.252 e. The fraction of sp³-hybridized carbons (Fsp3) is 0.436. The van der Waals surface area contributed by atoms with Gasteiger partial charge in [-0.2, -0.15) is 0 Å². The number of ketones is 3. The minimum atomic E-state index is -2.49. The predicted octanol–water partition coefficient (Wildman–Crippen LogP) is 5.47. The van der Waals surface area contributed by atoms with Crippen LogP contribution in [-0.4, -0.2) is 88.4 Å². The van der Waals surface area contributed by atoms with Crippen molar-refractivity contribution in [3.05, 3.63) is 80.8 Å². The lowest BCUT2D eigenvalue weighted by Crippen LogP contribution is -2.67. The van der Waals surface area contributed by atoms with Gasteiger partial charge in [-0.15, -0.1) is 0 Å². The van der Waals surface area contributed by atoms with E-state index in [0.29, 0.717) is 39.6 Å². The van der Waals surface area contributed by atoms with E-state index in [-0.39, 0.29) is 40.7 Å². The van der Waals surface area contributed by atoms with E-state index in [1.165, 1.54) is 14.0 Å². The van der Waals surface area contributed by atoms with Crippen molar-refractivity contribution < 1.29 is 42.6 Å². The molecule has 11 nitrogen and oxygen atoms in total. The number of piperazine rings is 1. The lowest BCUT2D eigenvalue weighted by atomic mass is 9.73. The van der Waals surface area contributed by atoms with Gasteiger partial charge >= 0.3 is 0 Å². The van der Waals surface area contributed by atoms with Crippen molar-refractivity contribution in [2.24, 2.45) is 0 Å². The minimum absolute atomic E-state index is 0.00550. The number of benzene rings is 2. The summed E-state index contributed by atoms with van der Waals surface area (Å²) in [5, 5.41) is -0.168. The average molecular weight is 715 g/mol. The lowest BCUT2D eigenvalue weighted by Gasteiger charge is -2.53. The van der Waals surface area contributed by atoms with Gasteiger partial charge in [-0.1, -0.05) is 51.1 Å². The monoisotopic (exact) mass is 714 g/mol. The largest absolute Gasteiger partial charge is 0.543 e. The molecule has 51 heavy (non-hydrogen) atoms. The van der Waals surface area contributed by atoms with Gasteiger partial charge in [0.1, 0.15) is 5.75 Å². The highest BCUT2D eigenvalue weighted by Gasteiger charge is 2.59. The van der Waals surface area contributed by atoms with E-state index in [9.17, 15) is 19.2 Å². The van der Waals surface area contributed by atoms with Gasteiger partial charge in [-0.05, 0) is 50.7 Å². The summed E-state index contributed by atoms with van der Waals surface area (Å²) in [6.07, 6.45) is 1.84. The molecule has 4 aliphatic rings. The average Bonchev–Trinajstić information content (AvgIpc) is 3.07. The van der Waals surface area contributed by atoms with Crippen LogP contribution in [0.2, 0.25) is 18.1 Å². The summed E-state index contributed by atoms with van der Waals surface area (Å²) in [5.41, 5.74) is 3.09. The van der Waals surface area contributed by atoms with E-state index in [1.807, 2.05) is 43.3 Å². The first kappa shape index (κ1) is 36.3. The molecular formula is C39H46N2O9Si. The van der Waals surface area contributed by atoms with Gasteiger partial charge in [-0.25, -0.2) is 0 Å². The molecular weight excluding hydrogens is 669 g/mol. The first-order valence-electron chi connectivity index (χ1n) is 17.0. The molecule has 2 aromatic carbocycles. The quantitative estimate of drug-likeness (QED) is 0.143. The predicted molar refractivity (Wildman–Crippen MR) is 193 cm³/mol. The third-order valence-electron chi connectivity index (χ3n) is 11.0. The van der Waals surface area contributed by atoms with Gasteiger partial charge < -0.3 is 28.3 Å². The topological polar surface area (TPSA) is 121 Å². The molecule has 1 saturated heterocycles. The number of hydrogen-bond acceptors (Lipinski definition) is 10. The van der Waals surface area contributed by atoms with Crippen molar-refractivity contribution in [1.29, 1.82) is 0 Å². The molecule has 0 saturated carbocycles. The summed E-state index contributed by atoms with van der Waals surface area (Å²) in [6, 6.07) is 6.55. The zero-order valence-electron chi connectivity index (χ0n) is 31.2. The van der Waals surface area contributed by atoms with Gasteiger partial charge in [0, 0.05) is 33.5 Å². The van der Waals surface area contributed by atoms with E-state index in [0.717, 1.165) is 5.56 Å². The molecule has 0 radical (unpaired) electrons. The first-order valence-corrected chi connectivity index (χ1v) is 19.9. The van der Waals surface area contributed by atoms with Crippen LogP contribution >= 0.6 is 0 Å². The molecule has 3 atom stereocenters. The molecule has 1 aliphatic carbocycles. The number of nitrogens with zero attached hydrogens (tertiary/aromatic N) is 2. The molecule has 1 amide bonds. The molecule has 1 fully saturated rings. The summed E-state index contributed by atoms with van der Waals surface area (Å²) < 4.78 is 30.9. The molecule has 0 aromatic heterocycles. The molecule has 0 unspecified atom stereocenters. The molecule has 270 valence electrons. The Balaban J connectivity index is 1.65. The zero-order valence-corrected chi connectivity index (χ0v) is 32.2. The number of amides is 1. The Hall–Kier alpha value is -4.52. The standard InChI is InChI=1S/C39H46N2O9Si/c1-20-31(42)28-27(33(44)35(20)46-7)29-24-17-23-26(37(48-9)36(47-8)21(2)34(23)50-51(10,11)39(3,4)5)25(19-49-18-22-15-13-12-14-16-22)41(24)38(45)30(32(28)43)40(29)6/h12-17,25,29-30H,18-19H2,1-11H3/t25-,29-,30-/m0/s1. The number of likely N-dealkylation sites (N-methyl/N-ethyl adjacent to an activating group) is 1. The Morgan fingerprint density at radius 1 is 0.843 bits per heavy atom. The third kappa shape index (κ3) is 5.46. The van der Waals surface area contributed by atoms with Crippen molar-refractivity contribution in [3.8, 4) is 17.2 Å². The van der Waals surface area contributed by atoms with Gasteiger partial charge in [0.2, 0.25) is 5.78 Å². The summed E-state index contributed by atoms with van der Waals surface area (Å²) in [5.74, 6) is -1.11. The van der Waals surface area contributed by atoms with Crippen LogP contribution in [0.25, 0.3) is 6.08 Å². The van der Waals surface area contributed by atoms with Gasteiger partial charge in [0.05, 0.1) is 52.2 Å². The number of methoxy groups -OCH3 is 3. The molecule has 0 N–H and O–H groups in total. The Morgan fingerprint density at radius 3 is 2.08 bits per heavy atom. The highest BCUT2D eigenvalue weighted by Crippen LogP contribution is 2.55. The van der Waals surface area contributed by atoms with Crippen molar-refractivity contribution in [2.45, 2.75) is 77.5 Å². The number of fused-ring (bicyclic) bond motifs is 6. The number of Topliss-reactive ketones (excluding diaryl/α,β-unsaturated/α-hetero) is 3. The van der Waals surface area contributed by atoms with Crippen molar-refractivity contribution >= 4 is 37.7 Å².